The first-order valence-electron chi connectivity index (χ1n) is 18.5. The van der Waals surface area contributed by atoms with Gasteiger partial charge < -0.3 is 9.32 Å². The molecule has 1 aromatic heterocycles. The van der Waals surface area contributed by atoms with E-state index in [1.54, 1.807) is 0 Å². The van der Waals surface area contributed by atoms with Gasteiger partial charge in [-0.3, -0.25) is 0 Å². The number of hydrogen-bond acceptors (Lipinski definition) is 2. The van der Waals surface area contributed by atoms with E-state index in [1.165, 1.54) is 65.3 Å². The van der Waals surface area contributed by atoms with Gasteiger partial charge in [0.05, 0.1) is 0 Å². The number of furan rings is 1. The SMILES string of the molecule is c1ccc(-c2ccc(N(c3ccc(-c4cc5ccc6ccccc6c5c5ccccc45)cc3)c3ccc4c(c3)oc3cc5ccccc5cc34)cc2)cc1. The average molecular weight is 688 g/mol. The Bertz CT molecular complexity index is 3190. The van der Waals surface area contributed by atoms with Gasteiger partial charge >= 0.3 is 0 Å². The van der Waals surface area contributed by atoms with Crippen LogP contribution in [0.3, 0.4) is 0 Å². The van der Waals surface area contributed by atoms with Crippen LogP contribution < -0.4 is 4.90 Å². The van der Waals surface area contributed by atoms with E-state index < -0.39 is 0 Å². The molecule has 0 spiro atoms. The zero-order valence-electron chi connectivity index (χ0n) is 29.4. The normalized spacial score (nSPS) is 11.7. The predicted molar refractivity (Wildman–Crippen MR) is 229 cm³/mol. The third-order valence-corrected chi connectivity index (χ3v) is 11.0. The van der Waals surface area contributed by atoms with Gasteiger partial charge in [-0.05, 0) is 120 Å². The highest BCUT2D eigenvalue weighted by molar-refractivity contribution is 6.23. The van der Waals surface area contributed by atoms with Gasteiger partial charge in [0.1, 0.15) is 11.2 Å². The number of anilines is 3. The zero-order chi connectivity index (χ0) is 35.6. The molecule has 0 aliphatic rings. The highest BCUT2D eigenvalue weighted by atomic mass is 16.3. The minimum absolute atomic E-state index is 0.871. The fraction of sp³-hybridized carbons (Fsp3) is 0. The molecule has 0 unspecified atom stereocenters. The maximum atomic E-state index is 6.55. The fourth-order valence-corrected chi connectivity index (χ4v) is 8.38. The molecular weight excluding hydrogens is 655 g/mol. The van der Waals surface area contributed by atoms with Crippen molar-refractivity contribution in [1.82, 2.24) is 0 Å². The molecule has 0 bridgehead atoms. The van der Waals surface area contributed by atoms with E-state index in [2.05, 4.69) is 205 Å². The van der Waals surface area contributed by atoms with Crippen LogP contribution in [0.5, 0.6) is 0 Å². The molecule has 0 fully saturated rings. The summed E-state index contributed by atoms with van der Waals surface area (Å²) in [5, 5.41) is 12.3. The topological polar surface area (TPSA) is 16.4 Å². The van der Waals surface area contributed by atoms with Crippen molar-refractivity contribution in [3.63, 3.8) is 0 Å². The molecule has 2 heteroatoms. The molecule has 11 rings (SSSR count). The van der Waals surface area contributed by atoms with Crippen molar-refractivity contribution < 1.29 is 4.42 Å². The van der Waals surface area contributed by atoms with Gasteiger partial charge in [0, 0.05) is 33.9 Å². The van der Waals surface area contributed by atoms with E-state index >= 15 is 0 Å². The molecule has 0 N–H and O–H groups in total. The van der Waals surface area contributed by atoms with Crippen LogP contribution in [0.4, 0.5) is 17.1 Å². The zero-order valence-corrected chi connectivity index (χ0v) is 29.4. The van der Waals surface area contributed by atoms with E-state index in [1.807, 2.05) is 0 Å². The van der Waals surface area contributed by atoms with Gasteiger partial charge in [-0.15, -0.1) is 0 Å². The summed E-state index contributed by atoms with van der Waals surface area (Å²) in [6.07, 6.45) is 0. The molecule has 0 radical (unpaired) electrons. The van der Waals surface area contributed by atoms with Crippen LogP contribution in [0.15, 0.2) is 205 Å². The maximum Gasteiger partial charge on any atom is 0.137 e. The van der Waals surface area contributed by atoms with Gasteiger partial charge in [0.15, 0.2) is 0 Å². The monoisotopic (exact) mass is 687 g/mol. The minimum atomic E-state index is 0.871. The number of benzene rings is 10. The Balaban J connectivity index is 1.05. The molecule has 0 aliphatic carbocycles. The lowest BCUT2D eigenvalue weighted by atomic mass is 9.91. The van der Waals surface area contributed by atoms with Crippen molar-refractivity contribution in [1.29, 1.82) is 0 Å². The van der Waals surface area contributed by atoms with E-state index in [4.69, 9.17) is 4.42 Å². The summed E-state index contributed by atoms with van der Waals surface area (Å²) in [7, 11) is 0. The Labute approximate surface area is 312 Å². The molecule has 10 aromatic carbocycles. The minimum Gasteiger partial charge on any atom is -0.456 e. The lowest BCUT2D eigenvalue weighted by Crippen LogP contribution is -2.09. The largest absolute Gasteiger partial charge is 0.456 e. The molecule has 0 aliphatic heterocycles. The molecular formula is C52H33NO. The molecule has 0 atom stereocenters. The van der Waals surface area contributed by atoms with Crippen LogP contribution in [0, 0.1) is 0 Å². The number of fused-ring (bicyclic) bond motifs is 9. The lowest BCUT2D eigenvalue weighted by molar-refractivity contribution is 0.669. The highest BCUT2D eigenvalue weighted by Crippen LogP contribution is 2.42. The molecule has 54 heavy (non-hydrogen) atoms. The van der Waals surface area contributed by atoms with Crippen molar-refractivity contribution >= 4 is 82.1 Å². The van der Waals surface area contributed by atoms with Gasteiger partial charge in [0.2, 0.25) is 0 Å². The molecule has 2 nitrogen and oxygen atoms in total. The van der Waals surface area contributed by atoms with Gasteiger partial charge in [-0.2, -0.15) is 0 Å². The Morgan fingerprint density at radius 1 is 0.296 bits per heavy atom. The molecule has 1 heterocycles. The summed E-state index contributed by atoms with van der Waals surface area (Å²) in [4.78, 5) is 2.33. The summed E-state index contributed by atoms with van der Waals surface area (Å²) in [6.45, 7) is 0. The lowest BCUT2D eigenvalue weighted by Gasteiger charge is -2.26. The van der Waals surface area contributed by atoms with E-state index in [0.717, 1.165) is 39.0 Å². The second-order valence-electron chi connectivity index (χ2n) is 14.1. The number of rotatable bonds is 5. The predicted octanol–water partition coefficient (Wildman–Crippen LogP) is 15.0. The number of nitrogens with zero attached hydrogens (tertiary/aromatic N) is 1. The molecule has 0 amide bonds. The molecule has 0 saturated carbocycles. The fourth-order valence-electron chi connectivity index (χ4n) is 8.38. The summed E-state index contributed by atoms with van der Waals surface area (Å²) in [6, 6.07) is 72.2. The van der Waals surface area contributed by atoms with Crippen LogP contribution in [0.1, 0.15) is 0 Å². The first kappa shape index (κ1) is 30.5. The Hall–Kier alpha value is -7.16. The smallest absolute Gasteiger partial charge is 0.137 e. The molecule has 252 valence electrons. The van der Waals surface area contributed by atoms with Crippen molar-refractivity contribution in [2.24, 2.45) is 0 Å². The Kier molecular flexibility index (Phi) is 6.90. The Morgan fingerprint density at radius 3 is 1.61 bits per heavy atom. The second kappa shape index (κ2) is 12.2. The summed E-state index contributed by atoms with van der Waals surface area (Å²) >= 11 is 0. The van der Waals surface area contributed by atoms with Crippen LogP contribution in [-0.2, 0) is 0 Å². The maximum absolute atomic E-state index is 6.55. The standard InChI is InChI=1S/C52H33NO/c1-2-10-34(11-3-1)35-20-24-41(25-21-35)53(43-28-29-46-49-30-38-13-4-5-14-39(38)32-50(49)54-51(46)33-43)42-26-22-37(23-27-42)48-31-40-19-18-36-12-6-7-15-44(36)52(40)47-17-9-8-16-45(47)48/h1-33H. The van der Waals surface area contributed by atoms with Crippen molar-refractivity contribution in [3.05, 3.63) is 200 Å². The number of hydrogen-bond donors (Lipinski definition) is 0. The first-order valence-corrected chi connectivity index (χ1v) is 18.5. The average Bonchev–Trinajstić information content (AvgIpc) is 3.59. The summed E-state index contributed by atoms with van der Waals surface area (Å²) < 4.78 is 6.55. The van der Waals surface area contributed by atoms with Gasteiger partial charge in [-0.1, -0.05) is 140 Å². The third kappa shape index (κ3) is 4.96. The van der Waals surface area contributed by atoms with Crippen LogP contribution in [-0.4, -0.2) is 0 Å². The van der Waals surface area contributed by atoms with Crippen molar-refractivity contribution in [2.75, 3.05) is 4.90 Å². The van der Waals surface area contributed by atoms with Gasteiger partial charge in [0.25, 0.3) is 0 Å². The first-order chi connectivity index (χ1) is 26.7. The summed E-state index contributed by atoms with van der Waals surface area (Å²) in [5.41, 5.74) is 9.76. The molecule has 0 saturated heterocycles. The second-order valence-corrected chi connectivity index (χ2v) is 14.1. The third-order valence-electron chi connectivity index (χ3n) is 11.0. The van der Waals surface area contributed by atoms with Crippen LogP contribution in [0.25, 0.3) is 87.3 Å². The quantitative estimate of drug-likeness (QED) is 0.168. The van der Waals surface area contributed by atoms with E-state index in [0.29, 0.717) is 0 Å². The van der Waals surface area contributed by atoms with E-state index in [9.17, 15) is 0 Å². The van der Waals surface area contributed by atoms with Crippen molar-refractivity contribution in [2.45, 2.75) is 0 Å². The Morgan fingerprint density at radius 2 is 0.852 bits per heavy atom. The van der Waals surface area contributed by atoms with Crippen LogP contribution in [0.2, 0.25) is 0 Å². The highest BCUT2D eigenvalue weighted by Gasteiger charge is 2.18. The van der Waals surface area contributed by atoms with Gasteiger partial charge in [-0.25, -0.2) is 0 Å². The summed E-state index contributed by atoms with van der Waals surface area (Å²) in [5.74, 6) is 0. The van der Waals surface area contributed by atoms with E-state index in [-0.39, 0.29) is 0 Å². The van der Waals surface area contributed by atoms with Crippen molar-refractivity contribution in [3.8, 4) is 22.3 Å². The van der Waals surface area contributed by atoms with Crippen LogP contribution >= 0.6 is 0 Å². The molecule has 11 aromatic rings.